The van der Waals surface area contributed by atoms with Crippen molar-refractivity contribution >= 4 is 31.3 Å². The van der Waals surface area contributed by atoms with Gasteiger partial charge in [0.05, 0.1) is 5.75 Å². The van der Waals surface area contributed by atoms with Crippen LogP contribution in [0, 0.1) is 5.82 Å². The third kappa shape index (κ3) is 3.82. The summed E-state index contributed by atoms with van der Waals surface area (Å²) in [4.78, 5) is 0. The lowest BCUT2D eigenvalue weighted by atomic mass is 10.2. The molecule has 1 aromatic rings. The maximum atomic E-state index is 13.1. The van der Waals surface area contributed by atoms with Crippen LogP contribution in [0.25, 0.3) is 0 Å². The first-order chi connectivity index (χ1) is 6.38. The van der Waals surface area contributed by atoms with Crippen molar-refractivity contribution in [3.05, 3.63) is 34.6 Å². The maximum absolute atomic E-state index is 13.1. The van der Waals surface area contributed by atoms with Crippen LogP contribution in [0.4, 0.5) is 4.39 Å². The van der Waals surface area contributed by atoms with E-state index in [9.17, 15) is 12.8 Å². The third-order valence-electron chi connectivity index (χ3n) is 1.63. The van der Waals surface area contributed by atoms with E-state index in [2.05, 4.69) is 0 Å². The van der Waals surface area contributed by atoms with Crippen LogP contribution in [0.3, 0.4) is 0 Å². The molecule has 14 heavy (non-hydrogen) atoms. The van der Waals surface area contributed by atoms with Crippen LogP contribution >= 0.6 is 22.3 Å². The van der Waals surface area contributed by atoms with Crippen LogP contribution in [0.1, 0.15) is 5.56 Å². The second-order valence-electron chi connectivity index (χ2n) is 2.73. The van der Waals surface area contributed by atoms with Gasteiger partial charge in [-0.25, -0.2) is 12.8 Å². The maximum Gasteiger partial charge on any atom is 0.232 e. The topological polar surface area (TPSA) is 34.1 Å². The smallest absolute Gasteiger partial charge is 0.212 e. The van der Waals surface area contributed by atoms with Crippen molar-refractivity contribution < 1.29 is 12.8 Å². The van der Waals surface area contributed by atoms with Crippen molar-refractivity contribution in [1.29, 1.82) is 0 Å². The fourth-order valence-electron chi connectivity index (χ4n) is 0.956. The van der Waals surface area contributed by atoms with Crippen LogP contribution in [-0.4, -0.2) is 14.2 Å². The SMILES string of the molecule is O=S(=O)(Cl)CCc1ccc(Cl)cc1F. The van der Waals surface area contributed by atoms with Gasteiger partial charge in [-0.1, -0.05) is 17.7 Å². The highest BCUT2D eigenvalue weighted by molar-refractivity contribution is 8.13. The monoisotopic (exact) mass is 256 g/mol. The fourth-order valence-corrected chi connectivity index (χ4v) is 1.81. The zero-order chi connectivity index (χ0) is 10.8. The van der Waals surface area contributed by atoms with Gasteiger partial charge in [0, 0.05) is 15.7 Å². The number of rotatable bonds is 3. The van der Waals surface area contributed by atoms with Crippen molar-refractivity contribution in [3.63, 3.8) is 0 Å². The molecule has 0 aliphatic heterocycles. The second-order valence-corrected chi connectivity index (χ2v) is 6.06. The molecular weight excluding hydrogens is 250 g/mol. The Morgan fingerprint density at radius 2 is 2.00 bits per heavy atom. The zero-order valence-electron chi connectivity index (χ0n) is 7.00. The average molecular weight is 257 g/mol. The average Bonchev–Trinajstić information content (AvgIpc) is 2.00. The van der Waals surface area contributed by atoms with E-state index in [0.717, 1.165) is 6.07 Å². The number of halogens is 3. The highest BCUT2D eigenvalue weighted by Gasteiger charge is 2.08. The van der Waals surface area contributed by atoms with Gasteiger partial charge in [0.15, 0.2) is 0 Å². The summed E-state index contributed by atoms with van der Waals surface area (Å²) in [5.74, 6) is -0.801. The van der Waals surface area contributed by atoms with E-state index in [-0.39, 0.29) is 17.2 Å². The van der Waals surface area contributed by atoms with E-state index in [4.69, 9.17) is 22.3 Å². The van der Waals surface area contributed by atoms with Gasteiger partial charge in [-0.05, 0) is 24.1 Å². The van der Waals surface area contributed by atoms with Gasteiger partial charge >= 0.3 is 0 Å². The molecule has 78 valence electrons. The lowest BCUT2D eigenvalue weighted by Gasteiger charge is -2.01. The van der Waals surface area contributed by atoms with Crippen molar-refractivity contribution in [2.45, 2.75) is 6.42 Å². The molecule has 0 aromatic heterocycles. The first-order valence-electron chi connectivity index (χ1n) is 3.75. The number of aryl methyl sites for hydroxylation is 1. The predicted molar refractivity (Wildman–Crippen MR) is 54.8 cm³/mol. The van der Waals surface area contributed by atoms with Crippen LogP contribution in [0.5, 0.6) is 0 Å². The summed E-state index contributed by atoms with van der Waals surface area (Å²) in [6, 6.07) is 4.08. The zero-order valence-corrected chi connectivity index (χ0v) is 9.33. The van der Waals surface area contributed by atoms with E-state index < -0.39 is 14.9 Å². The summed E-state index contributed by atoms with van der Waals surface area (Å²) in [5, 5.41) is 0.278. The molecule has 0 saturated carbocycles. The number of hydrogen-bond donors (Lipinski definition) is 0. The largest absolute Gasteiger partial charge is 0.232 e. The molecule has 0 amide bonds. The Bertz CT molecular complexity index is 431. The highest BCUT2D eigenvalue weighted by atomic mass is 35.7. The first kappa shape index (κ1) is 11.8. The summed E-state index contributed by atoms with van der Waals surface area (Å²) in [7, 11) is 1.41. The molecule has 0 spiro atoms. The Balaban J connectivity index is 2.78. The van der Waals surface area contributed by atoms with E-state index in [1.54, 1.807) is 0 Å². The first-order valence-corrected chi connectivity index (χ1v) is 6.60. The Morgan fingerprint density at radius 3 is 2.50 bits per heavy atom. The van der Waals surface area contributed by atoms with E-state index in [0.29, 0.717) is 5.56 Å². The van der Waals surface area contributed by atoms with Crippen molar-refractivity contribution in [3.8, 4) is 0 Å². The number of hydrogen-bond acceptors (Lipinski definition) is 2. The van der Waals surface area contributed by atoms with E-state index in [1.165, 1.54) is 12.1 Å². The molecule has 0 N–H and O–H groups in total. The standard InChI is InChI=1S/C8H7Cl2FO2S/c9-7-2-1-6(8(11)5-7)3-4-14(10,12)13/h1-2,5H,3-4H2. The van der Waals surface area contributed by atoms with Crippen molar-refractivity contribution in [1.82, 2.24) is 0 Å². The molecule has 1 rings (SSSR count). The molecule has 0 radical (unpaired) electrons. The second kappa shape index (κ2) is 4.47. The minimum Gasteiger partial charge on any atom is -0.212 e. The van der Waals surface area contributed by atoms with Gasteiger partial charge in [-0.3, -0.25) is 0 Å². The molecule has 0 atom stereocenters. The van der Waals surface area contributed by atoms with Crippen molar-refractivity contribution in [2.75, 3.05) is 5.75 Å². The lowest BCUT2D eigenvalue weighted by molar-refractivity contribution is 0.601. The number of benzene rings is 1. The molecule has 6 heteroatoms. The minimum atomic E-state index is -3.58. The lowest BCUT2D eigenvalue weighted by Crippen LogP contribution is -2.02. The quantitative estimate of drug-likeness (QED) is 0.780. The van der Waals surface area contributed by atoms with Gasteiger partial charge < -0.3 is 0 Å². The molecule has 0 saturated heterocycles. The minimum absolute atomic E-state index is 0.0504. The summed E-state index contributed by atoms with van der Waals surface area (Å²) in [6.45, 7) is 0. The summed E-state index contributed by atoms with van der Waals surface area (Å²) >= 11 is 5.52. The fraction of sp³-hybridized carbons (Fsp3) is 0.250. The van der Waals surface area contributed by atoms with Gasteiger partial charge in [0.1, 0.15) is 5.82 Å². The summed E-state index contributed by atoms with van der Waals surface area (Å²) in [5.41, 5.74) is 0.290. The molecule has 0 aliphatic rings. The van der Waals surface area contributed by atoms with Crippen LogP contribution in [-0.2, 0) is 15.5 Å². The molecule has 0 bridgehead atoms. The van der Waals surface area contributed by atoms with Gasteiger partial charge in [0.25, 0.3) is 0 Å². The van der Waals surface area contributed by atoms with Gasteiger partial charge in [-0.15, -0.1) is 0 Å². The van der Waals surface area contributed by atoms with E-state index in [1.807, 2.05) is 0 Å². The Hall–Kier alpha value is -0.320. The van der Waals surface area contributed by atoms with E-state index >= 15 is 0 Å². The molecular formula is C8H7Cl2FO2S. The van der Waals surface area contributed by atoms with Crippen molar-refractivity contribution in [2.24, 2.45) is 0 Å². The molecule has 2 nitrogen and oxygen atoms in total. The molecule has 1 aromatic carbocycles. The Morgan fingerprint density at radius 1 is 1.36 bits per heavy atom. The normalized spacial score (nSPS) is 11.6. The predicted octanol–water partition coefficient (Wildman–Crippen LogP) is 2.59. The van der Waals surface area contributed by atoms with Gasteiger partial charge in [-0.2, -0.15) is 0 Å². The molecule has 0 fully saturated rings. The Kier molecular flexibility index (Phi) is 3.75. The molecule has 0 unspecified atom stereocenters. The van der Waals surface area contributed by atoms with Crippen LogP contribution in [0.15, 0.2) is 18.2 Å². The Labute approximate surface area is 91.1 Å². The molecule has 0 aliphatic carbocycles. The third-order valence-corrected chi connectivity index (χ3v) is 3.02. The van der Waals surface area contributed by atoms with Gasteiger partial charge in [0.2, 0.25) is 9.05 Å². The highest BCUT2D eigenvalue weighted by Crippen LogP contribution is 2.15. The summed E-state index contributed by atoms with van der Waals surface area (Å²) in [6.07, 6.45) is 0.0504. The summed E-state index contributed by atoms with van der Waals surface area (Å²) < 4.78 is 34.3. The van der Waals surface area contributed by atoms with Crippen LogP contribution < -0.4 is 0 Å². The molecule has 0 heterocycles. The van der Waals surface area contributed by atoms with Crippen LogP contribution in [0.2, 0.25) is 5.02 Å².